The van der Waals surface area contributed by atoms with Gasteiger partial charge in [-0.15, -0.1) is 0 Å². The fourth-order valence-electron chi connectivity index (χ4n) is 2.40. The molecule has 0 atom stereocenters. The highest BCUT2D eigenvalue weighted by Gasteiger charge is 2.13. The summed E-state index contributed by atoms with van der Waals surface area (Å²) in [4.78, 5) is 62.4. The van der Waals surface area contributed by atoms with Crippen molar-refractivity contribution in [2.45, 2.75) is 0 Å². The number of hydrogen-bond acceptors (Lipinski definition) is 6. The minimum atomic E-state index is -1.23. The smallest absolute Gasteiger partial charge is 0.336 e. The Bertz CT molecular complexity index is 1200. The zero-order valence-electron chi connectivity index (χ0n) is 18.1. The van der Waals surface area contributed by atoms with Gasteiger partial charge in [-0.25, -0.2) is 28.8 Å². The second-order valence-corrected chi connectivity index (χ2v) is 6.53. The highest BCUT2D eigenvalue weighted by Crippen LogP contribution is 2.08. The summed E-state index contributed by atoms with van der Waals surface area (Å²) in [6.07, 6.45) is 0. The first kappa shape index (κ1) is 28.5. The van der Waals surface area contributed by atoms with Crippen molar-refractivity contribution in [3.8, 4) is 0 Å². The van der Waals surface area contributed by atoms with E-state index in [2.05, 4.69) is 0 Å². The monoisotopic (exact) mass is 498 g/mol. The second kappa shape index (κ2) is 13.3. The van der Waals surface area contributed by atoms with E-state index in [1.807, 2.05) is 0 Å². The van der Waals surface area contributed by atoms with E-state index >= 15 is 0 Å². The quantitative estimate of drug-likeness (QED) is 0.288. The maximum Gasteiger partial charge on any atom is 0.336 e. The van der Waals surface area contributed by atoms with Gasteiger partial charge in [-0.1, -0.05) is 18.2 Å². The maximum atomic E-state index is 10.5. The molecular formula is C24H18O12. The molecule has 0 saturated carbocycles. The lowest BCUT2D eigenvalue weighted by molar-refractivity contribution is 0.0651. The summed E-state index contributed by atoms with van der Waals surface area (Å²) in [5, 5.41) is 51.0. The molecule has 0 heterocycles. The van der Waals surface area contributed by atoms with Crippen molar-refractivity contribution >= 4 is 35.8 Å². The topological polar surface area (TPSA) is 224 Å². The predicted molar refractivity (Wildman–Crippen MR) is 121 cm³/mol. The van der Waals surface area contributed by atoms with E-state index in [9.17, 15) is 28.8 Å². The molecule has 3 aromatic rings. The molecule has 186 valence electrons. The third-order valence-electron chi connectivity index (χ3n) is 4.12. The number of carbonyl (C=O) groups is 6. The molecule has 0 fully saturated rings. The molecule has 0 aliphatic heterocycles. The van der Waals surface area contributed by atoms with Crippen molar-refractivity contribution in [1.82, 2.24) is 0 Å². The van der Waals surface area contributed by atoms with Crippen LogP contribution in [0.3, 0.4) is 0 Å². The van der Waals surface area contributed by atoms with Crippen LogP contribution in [0.4, 0.5) is 0 Å². The molecule has 3 aromatic carbocycles. The van der Waals surface area contributed by atoms with Crippen molar-refractivity contribution in [2.24, 2.45) is 0 Å². The van der Waals surface area contributed by atoms with Crippen LogP contribution in [0.25, 0.3) is 0 Å². The number of carboxylic acids is 6. The van der Waals surface area contributed by atoms with Crippen molar-refractivity contribution < 1.29 is 59.4 Å². The molecule has 3 rings (SSSR count). The highest BCUT2D eigenvalue weighted by molar-refractivity contribution is 6.01. The minimum absolute atomic E-state index is 0.0186. The molecule has 0 unspecified atom stereocenters. The Morgan fingerprint density at radius 2 is 0.667 bits per heavy atom. The van der Waals surface area contributed by atoms with Crippen LogP contribution in [0.2, 0.25) is 0 Å². The summed E-state index contributed by atoms with van der Waals surface area (Å²) in [6, 6.07) is 15.7. The van der Waals surface area contributed by atoms with E-state index in [1.54, 1.807) is 0 Å². The minimum Gasteiger partial charge on any atom is -0.478 e. The molecule has 6 N–H and O–H groups in total. The maximum absolute atomic E-state index is 10.5. The molecule has 0 saturated heterocycles. The average Bonchev–Trinajstić information content (AvgIpc) is 2.84. The van der Waals surface area contributed by atoms with E-state index < -0.39 is 35.8 Å². The zero-order chi connectivity index (χ0) is 27.4. The van der Waals surface area contributed by atoms with Gasteiger partial charge in [-0.2, -0.15) is 0 Å². The SMILES string of the molecule is O=C(O)c1ccc(C(=O)O)cc1.O=C(O)c1cccc(C(=O)O)c1.O=C(O)c1ccccc1C(=O)O. The molecule has 0 radical (unpaired) electrons. The van der Waals surface area contributed by atoms with Crippen molar-refractivity contribution in [3.63, 3.8) is 0 Å². The van der Waals surface area contributed by atoms with Gasteiger partial charge in [0, 0.05) is 0 Å². The molecule has 0 amide bonds. The Morgan fingerprint density at radius 1 is 0.361 bits per heavy atom. The molecule has 12 nitrogen and oxygen atoms in total. The Hall–Kier alpha value is -5.52. The number of benzene rings is 3. The Labute approximate surface area is 201 Å². The number of aromatic carboxylic acids is 6. The first-order chi connectivity index (χ1) is 16.8. The lowest BCUT2D eigenvalue weighted by atomic mass is 10.1. The van der Waals surface area contributed by atoms with Gasteiger partial charge < -0.3 is 30.6 Å². The molecule has 0 spiro atoms. The van der Waals surface area contributed by atoms with Gasteiger partial charge >= 0.3 is 35.8 Å². The van der Waals surface area contributed by atoms with Crippen LogP contribution in [0.15, 0.2) is 72.8 Å². The summed E-state index contributed by atoms with van der Waals surface area (Å²) < 4.78 is 0. The Kier molecular flexibility index (Phi) is 10.5. The summed E-state index contributed by atoms with van der Waals surface area (Å²) in [6.45, 7) is 0. The Balaban J connectivity index is 0.000000270. The van der Waals surface area contributed by atoms with E-state index in [4.69, 9.17) is 30.6 Å². The third-order valence-corrected chi connectivity index (χ3v) is 4.12. The van der Waals surface area contributed by atoms with Crippen LogP contribution in [-0.4, -0.2) is 66.5 Å². The standard InChI is InChI=1S/3C8H6O4/c9-7(10)5-1-2-6(4-3-5)8(11)12;9-7(10)5-2-1-3-6(4-5)8(11)12;9-7(10)5-3-1-2-4-6(5)8(11)12/h3*1-4H,(H,9,10)(H,11,12). The van der Waals surface area contributed by atoms with E-state index in [0.717, 1.165) is 6.07 Å². The molecule has 12 heteroatoms. The van der Waals surface area contributed by atoms with Crippen LogP contribution < -0.4 is 0 Å². The highest BCUT2D eigenvalue weighted by atomic mass is 16.4. The van der Waals surface area contributed by atoms with Crippen LogP contribution in [0, 0.1) is 0 Å². The van der Waals surface area contributed by atoms with Crippen LogP contribution in [0.1, 0.15) is 62.1 Å². The summed E-state index contributed by atoms with van der Waals surface area (Å²) in [7, 11) is 0. The summed E-state index contributed by atoms with van der Waals surface area (Å²) >= 11 is 0. The van der Waals surface area contributed by atoms with E-state index in [-0.39, 0.29) is 33.4 Å². The largest absolute Gasteiger partial charge is 0.478 e. The molecular weight excluding hydrogens is 480 g/mol. The van der Waals surface area contributed by atoms with E-state index in [0.29, 0.717) is 0 Å². The summed E-state index contributed by atoms with van der Waals surface area (Å²) in [5.74, 6) is -6.84. The lowest BCUT2D eigenvalue weighted by Gasteiger charge is -1.98. The average molecular weight is 498 g/mol. The first-order valence-electron chi connectivity index (χ1n) is 9.54. The number of rotatable bonds is 6. The predicted octanol–water partition coefficient (Wildman–Crippen LogP) is 3.25. The fraction of sp³-hybridized carbons (Fsp3) is 0. The third kappa shape index (κ3) is 8.78. The lowest BCUT2D eigenvalue weighted by Crippen LogP contribution is -2.06. The molecule has 0 bridgehead atoms. The summed E-state index contributed by atoms with van der Waals surface area (Å²) in [5.41, 5.74) is -0.250. The fourth-order valence-corrected chi connectivity index (χ4v) is 2.40. The van der Waals surface area contributed by atoms with Gasteiger partial charge in [0.1, 0.15) is 0 Å². The zero-order valence-corrected chi connectivity index (χ0v) is 18.1. The van der Waals surface area contributed by atoms with Gasteiger partial charge in [-0.05, 0) is 54.6 Å². The molecule has 0 aromatic heterocycles. The molecule has 0 aliphatic rings. The molecule has 36 heavy (non-hydrogen) atoms. The normalized spacial score (nSPS) is 9.33. The van der Waals surface area contributed by atoms with Gasteiger partial charge in [-0.3, -0.25) is 0 Å². The van der Waals surface area contributed by atoms with Crippen molar-refractivity contribution in [1.29, 1.82) is 0 Å². The second-order valence-electron chi connectivity index (χ2n) is 6.53. The van der Waals surface area contributed by atoms with Gasteiger partial charge in [0.05, 0.1) is 33.4 Å². The van der Waals surface area contributed by atoms with Crippen LogP contribution in [0.5, 0.6) is 0 Å². The van der Waals surface area contributed by atoms with Crippen molar-refractivity contribution in [3.05, 3.63) is 106 Å². The first-order valence-corrected chi connectivity index (χ1v) is 9.54. The molecule has 0 aliphatic carbocycles. The van der Waals surface area contributed by atoms with Crippen LogP contribution >= 0.6 is 0 Å². The van der Waals surface area contributed by atoms with Crippen molar-refractivity contribution in [2.75, 3.05) is 0 Å². The van der Waals surface area contributed by atoms with Crippen LogP contribution in [-0.2, 0) is 0 Å². The van der Waals surface area contributed by atoms with Gasteiger partial charge in [0.15, 0.2) is 0 Å². The van der Waals surface area contributed by atoms with Gasteiger partial charge in [0.2, 0.25) is 0 Å². The number of hydrogen-bond donors (Lipinski definition) is 6. The van der Waals surface area contributed by atoms with Gasteiger partial charge in [0.25, 0.3) is 0 Å². The number of carboxylic acid groups (broad SMARTS) is 6. The van der Waals surface area contributed by atoms with E-state index in [1.165, 1.54) is 66.7 Å². The Morgan fingerprint density at radius 3 is 0.917 bits per heavy atom.